The smallest absolute Gasteiger partial charge is 0.252 e. The maximum absolute atomic E-state index is 2.77. The van der Waals surface area contributed by atoms with Gasteiger partial charge in [0.25, 0.3) is 6.71 Å². The molecule has 4 nitrogen and oxygen atoms in total. The zero-order valence-electron chi connectivity index (χ0n) is 65.7. The largest absolute Gasteiger partial charge is 0.310 e. The van der Waals surface area contributed by atoms with Gasteiger partial charge in [0.05, 0.1) is 33.4 Å². The third-order valence-corrected chi connectivity index (χ3v) is 23.5. The molecule has 0 radical (unpaired) electrons. The van der Waals surface area contributed by atoms with Crippen molar-refractivity contribution < 1.29 is 0 Å². The molecule has 0 unspecified atom stereocenters. The Morgan fingerprint density at radius 3 is 1.16 bits per heavy atom. The quantitative estimate of drug-likeness (QED) is 0.134. The molecule has 16 aromatic rings. The summed E-state index contributed by atoms with van der Waals surface area (Å²) in [5.74, 6) is 0. The van der Waals surface area contributed by atoms with Crippen molar-refractivity contribution in [2.75, 3.05) is 9.80 Å². The van der Waals surface area contributed by atoms with E-state index in [0.29, 0.717) is 0 Å². The van der Waals surface area contributed by atoms with Crippen LogP contribution in [0.15, 0.2) is 303 Å². The fourth-order valence-electron chi connectivity index (χ4n) is 17.5. The van der Waals surface area contributed by atoms with Gasteiger partial charge in [0.1, 0.15) is 0 Å². The Labute approximate surface area is 644 Å². The number of nitrogens with zero attached hydrogens (tertiary/aromatic N) is 4. The number of hydrogen-bond acceptors (Lipinski definition) is 2. The first-order chi connectivity index (χ1) is 52.2. The summed E-state index contributed by atoms with van der Waals surface area (Å²) in [6.07, 6.45) is 0. The van der Waals surface area contributed by atoms with Crippen LogP contribution in [0.3, 0.4) is 0 Å². The first-order valence-corrected chi connectivity index (χ1v) is 39.1. The van der Waals surface area contributed by atoms with Crippen LogP contribution in [0.25, 0.3) is 111 Å². The van der Waals surface area contributed by atoms with Crippen molar-refractivity contribution in [1.82, 2.24) is 9.13 Å². The maximum Gasteiger partial charge on any atom is 0.252 e. The Balaban J connectivity index is 1.05. The van der Waals surface area contributed by atoms with E-state index >= 15 is 0 Å². The zero-order chi connectivity index (χ0) is 75.4. The second-order valence-corrected chi connectivity index (χ2v) is 35.8. The van der Waals surface area contributed by atoms with Crippen LogP contribution in [0.5, 0.6) is 0 Å². The van der Waals surface area contributed by atoms with Crippen molar-refractivity contribution >= 4 is 101 Å². The summed E-state index contributed by atoms with van der Waals surface area (Å²) in [5, 5.41) is 4.88. The van der Waals surface area contributed by atoms with E-state index in [0.717, 1.165) is 101 Å². The van der Waals surface area contributed by atoms with Crippen molar-refractivity contribution in [2.45, 2.75) is 131 Å². The van der Waals surface area contributed by atoms with E-state index in [1.807, 2.05) is 0 Å². The molecule has 0 atom stereocenters. The van der Waals surface area contributed by atoms with Crippen molar-refractivity contribution in [1.29, 1.82) is 0 Å². The Morgan fingerprint density at radius 1 is 0.229 bits per heavy atom. The number of benzene rings is 14. The van der Waals surface area contributed by atoms with Gasteiger partial charge >= 0.3 is 0 Å². The van der Waals surface area contributed by atoms with Crippen LogP contribution in [0.1, 0.15) is 132 Å². The first-order valence-electron chi connectivity index (χ1n) is 39.1. The fraction of sp³-hybridized carbons (Fsp3) is 0.192. The third kappa shape index (κ3) is 11.7. The minimum Gasteiger partial charge on any atom is -0.310 e. The number of rotatable bonds is 9. The fourth-order valence-corrected chi connectivity index (χ4v) is 17.5. The minimum absolute atomic E-state index is 0.0674. The molecule has 5 heteroatoms. The Hall–Kier alpha value is -11.7. The lowest BCUT2D eigenvalue weighted by molar-refractivity contribution is 0.590. The van der Waals surface area contributed by atoms with Gasteiger partial charge in [-0.05, 0) is 189 Å². The van der Waals surface area contributed by atoms with Crippen molar-refractivity contribution in [3.05, 3.63) is 331 Å². The predicted octanol–water partition coefficient (Wildman–Crippen LogP) is 26.8. The minimum atomic E-state index is -0.259. The maximum atomic E-state index is 2.77. The standard InChI is InChI=1S/C104H95BN4/c1-100(2,3)73-38-27-35-68(57-73)70-47-52-86-92(60-70)108(98-80(66-31-19-16-20-32-66)44-30-45-81(98)67-33-21-17-22-34-67)94-61-72(69-36-28-39-74(58-69)101(4,5)6)62-95-97(94)105(86)87-53-50-79(107-89-54-48-76(103(10,11)12)63-84(89)85-64-77(104(13,14)15)49-55-90(85)107)65-93(87)109(95)99-82(71-37-29-40-75(59-71)102(7,8)9)51-56-91-96(99)83-43-25-26-46-88(83)106(91)78-41-23-18-24-42-78/h16-65H,1-15H3. The Bertz CT molecular complexity index is 6180. The molecular weight excluding hydrogens is 1320 g/mol. The highest BCUT2D eigenvalue weighted by Crippen LogP contribution is 2.56. The number of hydrogen-bond donors (Lipinski definition) is 0. The average Bonchev–Trinajstić information content (AvgIpc) is 1.52. The van der Waals surface area contributed by atoms with Gasteiger partial charge in [0.2, 0.25) is 0 Å². The summed E-state index contributed by atoms with van der Waals surface area (Å²) in [4.78, 5) is 5.49. The lowest BCUT2D eigenvalue weighted by Crippen LogP contribution is -2.61. The number of fused-ring (bicyclic) bond motifs is 10. The predicted molar refractivity (Wildman–Crippen MR) is 470 cm³/mol. The average molecular weight is 1410 g/mol. The van der Waals surface area contributed by atoms with Gasteiger partial charge in [-0.1, -0.05) is 328 Å². The van der Waals surface area contributed by atoms with E-state index in [2.05, 4.69) is 426 Å². The first kappa shape index (κ1) is 69.1. The third-order valence-electron chi connectivity index (χ3n) is 23.5. The molecular formula is C104H95BN4. The molecule has 0 fully saturated rings. The van der Waals surface area contributed by atoms with Gasteiger partial charge < -0.3 is 18.9 Å². The van der Waals surface area contributed by atoms with Crippen LogP contribution >= 0.6 is 0 Å². The van der Waals surface area contributed by atoms with Crippen LogP contribution in [0, 0.1) is 0 Å². The van der Waals surface area contributed by atoms with Crippen molar-refractivity contribution in [3.8, 4) is 67.0 Å². The molecule has 0 aliphatic carbocycles. The molecule has 534 valence electrons. The van der Waals surface area contributed by atoms with Gasteiger partial charge in [-0.2, -0.15) is 0 Å². The van der Waals surface area contributed by atoms with E-state index in [4.69, 9.17) is 0 Å². The van der Waals surface area contributed by atoms with E-state index < -0.39 is 0 Å². The molecule has 2 aromatic heterocycles. The van der Waals surface area contributed by atoms with E-state index in [1.54, 1.807) is 0 Å². The molecule has 0 saturated heterocycles. The Kier molecular flexibility index (Phi) is 16.2. The van der Waals surface area contributed by atoms with Gasteiger partial charge in [0, 0.05) is 72.4 Å². The summed E-state index contributed by atoms with van der Waals surface area (Å²) in [6, 6.07) is 117. The molecule has 18 rings (SSSR count). The molecule has 0 amide bonds. The highest BCUT2D eigenvalue weighted by Gasteiger charge is 2.46. The molecule has 0 spiro atoms. The van der Waals surface area contributed by atoms with Crippen LogP contribution < -0.4 is 26.2 Å². The second-order valence-electron chi connectivity index (χ2n) is 35.8. The number of para-hydroxylation sites is 3. The van der Waals surface area contributed by atoms with E-state index in [1.165, 1.54) is 87.9 Å². The van der Waals surface area contributed by atoms with Crippen molar-refractivity contribution in [2.24, 2.45) is 0 Å². The molecule has 14 aromatic carbocycles. The molecule has 0 saturated carbocycles. The van der Waals surface area contributed by atoms with Gasteiger partial charge in [-0.15, -0.1) is 0 Å². The molecule has 0 N–H and O–H groups in total. The lowest BCUT2D eigenvalue weighted by atomic mass is 9.33. The monoisotopic (exact) mass is 1410 g/mol. The summed E-state index contributed by atoms with van der Waals surface area (Å²) in [5.41, 5.74) is 34.9. The molecule has 2 aliphatic heterocycles. The zero-order valence-corrected chi connectivity index (χ0v) is 65.7. The normalized spacial score (nSPS) is 13.2. The van der Waals surface area contributed by atoms with Gasteiger partial charge in [-0.3, -0.25) is 0 Å². The number of aromatic nitrogens is 2. The topological polar surface area (TPSA) is 16.3 Å². The molecule has 4 heterocycles. The van der Waals surface area contributed by atoms with Gasteiger partial charge in [0.15, 0.2) is 0 Å². The lowest BCUT2D eigenvalue weighted by Gasteiger charge is -2.46. The van der Waals surface area contributed by atoms with Crippen LogP contribution in [0.2, 0.25) is 0 Å². The van der Waals surface area contributed by atoms with Crippen molar-refractivity contribution in [3.63, 3.8) is 0 Å². The van der Waals surface area contributed by atoms with E-state index in [-0.39, 0.29) is 33.8 Å². The highest BCUT2D eigenvalue weighted by atomic mass is 15.2. The van der Waals surface area contributed by atoms with E-state index in [9.17, 15) is 0 Å². The molecule has 0 bridgehead atoms. The SMILES string of the molecule is CC(C)(C)c1cccc(-c2ccc3c(c2)N(c2c(-c4ccccc4)cccc2-c2ccccc2)c2cc(-c4cccc(C(C)(C)C)c4)cc4c2B3c2ccc(-n3c5ccc(C(C)(C)C)cc5c5cc(C(C)(C)C)ccc53)cc2N4c2c(-c3cccc(C(C)(C)C)c3)ccc3c2c2ccccc2n3-c2ccccc2)c1. The second kappa shape index (κ2) is 25.5. The summed E-state index contributed by atoms with van der Waals surface area (Å²) >= 11 is 0. The van der Waals surface area contributed by atoms with Crippen LogP contribution in [-0.2, 0) is 27.1 Å². The summed E-state index contributed by atoms with van der Waals surface area (Å²) < 4.78 is 5.08. The molecule has 2 aliphatic rings. The summed E-state index contributed by atoms with van der Waals surface area (Å²) in [7, 11) is 0. The van der Waals surface area contributed by atoms with Crippen LogP contribution in [-0.4, -0.2) is 15.8 Å². The van der Waals surface area contributed by atoms with Crippen LogP contribution in [0.4, 0.5) is 34.1 Å². The number of anilines is 6. The molecule has 109 heavy (non-hydrogen) atoms. The van der Waals surface area contributed by atoms with Gasteiger partial charge in [-0.25, -0.2) is 0 Å². The summed E-state index contributed by atoms with van der Waals surface area (Å²) in [6.45, 7) is 34.8. The Morgan fingerprint density at radius 2 is 0.615 bits per heavy atom. The highest BCUT2D eigenvalue weighted by molar-refractivity contribution is 7.00.